The Morgan fingerprint density at radius 1 is 1.16 bits per heavy atom. The monoisotopic (exact) mass is 362 g/mol. The molecule has 0 saturated heterocycles. The zero-order valence-electron chi connectivity index (χ0n) is 12.6. The van der Waals surface area contributed by atoms with Crippen molar-refractivity contribution in [2.45, 2.75) is 11.3 Å². The smallest absolute Gasteiger partial charge is 0.267 e. The van der Waals surface area contributed by atoms with Gasteiger partial charge in [0.15, 0.2) is 0 Å². The third kappa shape index (κ3) is 3.24. The number of nitrogens with zero attached hydrogens (tertiary/aromatic N) is 3. The Morgan fingerprint density at radius 2 is 1.88 bits per heavy atom. The number of halogens is 1. The molecular weight excluding hydrogens is 351 g/mol. The van der Waals surface area contributed by atoms with E-state index in [0.29, 0.717) is 0 Å². The molecular formula is C15H11FN4O4S. The van der Waals surface area contributed by atoms with Gasteiger partial charge in [-0.25, -0.2) is 21.8 Å². The van der Waals surface area contributed by atoms with Gasteiger partial charge in [0, 0.05) is 11.9 Å². The lowest BCUT2D eigenvalue weighted by atomic mass is 10.1. The summed E-state index contributed by atoms with van der Waals surface area (Å²) >= 11 is 0. The first-order chi connectivity index (χ1) is 11.9. The summed E-state index contributed by atoms with van der Waals surface area (Å²) in [7, 11) is -4.02. The molecule has 0 amide bonds. The molecule has 1 aromatic carbocycles. The molecule has 0 saturated carbocycles. The van der Waals surface area contributed by atoms with Crippen molar-refractivity contribution in [1.82, 2.24) is 19.2 Å². The van der Waals surface area contributed by atoms with Crippen LogP contribution in [0.5, 0.6) is 0 Å². The molecule has 0 radical (unpaired) electrons. The Labute approximate surface area is 141 Å². The molecule has 0 aliphatic heterocycles. The van der Waals surface area contributed by atoms with Gasteiger partial charge in [-0.15, -0.1) is 5.10 Å². The summed E-state index contributed by atoms with van der Waals surface area (Å²) < 4.78 is 39.1. The summed E-state index contributed by atoms with van der Waals surface area (Å²) in [5.41, 5.74) is 0.0956. The Hall–Kier alpha value is -3.14. The Morgan fingerprint density at radius 3 is 2.52 bits per heavy atom. The van der Waals surface area contributed by atoms with Crippen molar-refractivity contribution in [2.24, 2.45) is 0 Å². The predicted molar refractivity (Wildman–Crippen MR) is 82.8 cm³/mol. The van der Waals surface area contributed by atoms with Crippen LogP contribution < -0.4 is 0 Å². The van der Waals surface area contributed by atoms with Gasteiger partial charge in [-0.05, 0) is 36.4 Å². The van der Waals surface area contributed by atoms with Gasteiger partial charge in [0.05, 0.1) is 11.3 Å². The number of hydrogen-bond donors (Lipinski definition) is 1. The fourth-order valence-corrected chi connectivity index (χ4v) is 3.55. The van der Waals surface area contributed by atoms with E-state index >= 15 is 0 Å². The van der Waals surface area contributed by atoms with Crippen LogP contribution in [0, 0.1) is 5.82 Å². The number of carbonyl (C=O) groups excluding carboxylic acids is 2. The van der Waals surface area contributed by atoms with Crippen molar-refractivity contribution in [3.63, 3.8) is 0 Å². The molecule has 0 aliphatic rings. The molecule has 8 nitrogen and oxygen atoms in total. The number of H-pyrrole nitrogens is 1. The third-order valence-corrected chi connectivity index (χ3v) is 5.12. The van der Waals surface area contributed by atoms with Crippen LogP contribution in [0.1, 0.15) is 16.3 Å². The van der Waals surface area contributed by atoms with Crippen LogP contribution >= 0.6 is 0 Å². The SMILES string of the molecule is O=C(Cc1cccn1S(=O)(=O)c1ccc(F)cc1)C(=O)c1nc[nH]n1. The van der Waals surface area contributed by atoms with Gasteiger partial charge >= 0.3 is 0 Å². The summed E-state index contributed by atoms with van der Waals surface area (Å²) in [6.45, 7) is 0. The van der Waals surface area contributed by atoms with E-state index in [-0.39, 0.29) is 16.4 Å². The van der Waals surface area contributed by atoms with Crippen molar-refractivity contribution in [2.75, 3.05) is 0 Å². The minimum absolute atomic E-state index is 0.0956. The van der Waals surface area contributed by atoms with Gasteiger partial charge in [-0.3, -0.25) is 14.7 Å². The van der Waals surface area contributed by atoms with Crippen LogP contribution in [0.4, 0.5) is 4.39 Å². The second-order valence-corrected chi connectivity index (χ2v) is 6.82. The molecule has 3 aromatic rings. The van der Waals surface area contributed by atoms with Gasteiger partial charge < -0.3 is 0 Å². The molecule has 3 rings (SSSR count). The maximum absolute atomic E-state index is 13.0. The number of benzene rings is 1. The highest BCUT2D eigenvalue weighted by Crippen LogP contribution is 2.18. The highest BCUT2D eigenvalue weighted by molar-refractivity contribution is 7.90. The number of aromatic nitrogens is 4. The summed E-state index contributed by atoms with van der Waals surface area (Å²) in [5, 5.41) is 5.85. The van der Waals surface area contributed by atoms with E-state index in [9.17, 15) is 22.4 Å². The lowest BCUT2D eigenvalue weighted by molar-refractivity contribution is -0.114. The summed E-state index contributed by atoms with van der Waals surface area (Å²) in [5.74, 6) is -2.63. The van der Waals surface area contributed by atoms with Crippen LogP contribution in [0.15, 0.2) is 53.8 Å². The number of nitrogens with one attached hydrogen (secondary N) is 1. The van der Waals surface area contributed by atoms with E-state index in [0.717, 1.165) is 34.6 Å². The fourth-order valence-electron chi connectivity index (χ4n) is 2.18. The van der Waals surface area contributed by atoms with Crippen LogP contribution in [-0.4, -0.2) is 39.1 Å². The van der Waals surface area contributed by atoms with Crippen molar-refractivity contribution >= 4 is 21.6 Å². The first kappa shape index (κ1) is 16.7. The summed E-state index contributed by atoms with van der Waals surface area (Å²) in [6.07, 6.45) is 1.96. The molecule has 2 heterocycles. The summed E-state index contributed by atoms with van der Waals surface area (Å²) in [6, 6.07) is 7.12. The zero-order valence-corrected chi connectivity index (χ0v) is 13.4. The van der Waals surface area contributed by atoms with Gasteiger partial charge in [-0.1, -0.05) is 0 Å². The van der Waals surface area contributed by atoms with E-state index in [4.69, 9.17) is 0 Å². The van der Waals surface area contributed by atoms with E-state index in [1.54, 1.807) is 0 Å². The van der Waals surface area contributed by atoms with Crippen molar-refractivity contribution in [3.05, 3.63) is 66.3 Å². The second-order valence-electron chi connectivity index (χ2n) is 5.01. The molecule has 2 aromatic heterocycles. The maximum atomic E-state index is 13.0. The molecule has 128 valence electrons. The second kappa shape index (κ2) is 6.40. The molecule has 0 aliphatic carbocycles. The third-order valence-electron chi connectivity index (χ3n) is 3.38. The number of rotatable bonds is 6. The molecule has 25 heavy (non-hydrogen) atoms. The highest BCUT2D eigenvalue weighted by atomic mass is 32.2. The van der Waals surface area contributed by atoms with E-state index < -0.39 is 33.8 Å². The fraction of sp³-hybridized carbons (Fsp3) is 0.0667. The first-order valence-corrected chi connectivity index (χ1v) is 8.44. The number of carbonyl (C=O) groups is 2. The Kier molecular flexibility index (Phi) is 4.28. The zero-order chi connectivity index (χ0) is 18.0. The van der Waals surface area contributed by atoms with Crippen LogP contribution in [0.3, 0.4) is 0 Å². The molecule has 1 N–H and O–H groups in total. The van der Waals surface area contributed by atoms with Gasteiger partial charge in [-0.2, -0.15) is 0 Å². The Balaban J connectivity index is 1.89. The van der Waals surface area contributed by atoms with E-state index in [1.807, 2.05) is 0 Å². The lowest BCUT2D eigenvalue weighted by Crippen LogP contribution is -2.22. The molecule has 0 fully saturated rings. The van der Waals surface area contributed by atoms with E-state index in [1.165, 1.54) is 18.3 Å². The number of ketones is 2. The quantitative estimate of drug-likeness (QED) is 0.516. The first-order valence-electron chi connectivity index (χ1n) is 7.00. The van der Waals surface area contributed by atoms with Gasteiger partial charge in [0.1, 0.15) is 12.1 Å². The van der Waals surface area contributed by atoms with Crippen LogP contribution in [0.25, 0.3) is 0 Å². The standard InChI is InChI=1S/C15H11FN4O4S/c16-10-3-5-12(6-4-10)25(23,24)20-7-1-2-11(20)8-13(21)14(22)15-17-9-18-19-15/h1-7,9H,8H2,(H,17,18,19). The molecule has 0 bridgehead atoms. The highest BCUT2D eigenvalue weighted by Gasteiger charge is 2.24. The molecule has 10 heteroatoms. The van der Waals surface area contributed by atoms with E-state index in [2.05, 4.69) is 15.2 Å². The molecule has 0 atom stereocenters. The number of hydrogen-bond acceptors (Lipinski definition) is 6. The Bertz CT molecular complexity index is 1020. The number of aromatic amines is 1. The lowest BCUT2D eigenvalue weighted by Gasteiger charge is -2.10. The van der Waals surface area contributed by atoms with Gasteiger partial charge in [0.25, 0.3) is 15.8 Å². The predicted octanol–water partition coefficient (Wildman–Crippen LogP) is 0.977. The largest absolute Gasteiger partial charge is 0.290 e. The van der Waals surface area contributed by atoms with Crippen molar-refractivity contribution < 1.29 is 22.4 Å². The maximum Gasteiger partial charge on any atom is 0.267 e. The topological polar surface area (TPSA) is 115 Å². The van der Waals surface area contributed by atoms with Crippen molar-refractivity contribution in [3.8, 4) is 0 Å². The normalized spacial score (nSPS) is 11.4. The van der Waals surface area contributed by atoms with Crippen LogP contribution in [0.2, 0.25) is 0 Å². The minimum atomic E-state index is -4.02. The molecule has 0 unspecified atom stereocenters. The molecule has 0 spiro atoms. The average molecular weight is 362 g/mol. The van der Waals surface area contributed by atoms with Crippen LogP contribution in [-0.2, 0) is 21.2 Å². The number of Topliss-reactive ketones (excluding diaryl/α,β-unsaturated/α-hetero) is 2. The minimum Gasteiger partial charge on any atom is -0.290 e. The van der Waals surface area contributed by atoms with Gasteiger partial charge in [0.2, 0.25) is 11.6 Å². The average Bonchev–Trinajstić information content (AvgIpc) is 3.26. The summed E-state index contributed by atoms with van der Waals surface area (Å²) in [4.78, 5) is 27.4. The van der Waals surface area contributed by atoms with Crippen molar-refractivity contribution in [1.29, 1.82) is 0 Å².